The second-order valence-electron chi connectivity index (χ2n) is 14.4. The van der Waals surface area contributed by atoms with Crippen LogP contribution >= 0.6 is 0 Å². The van der Waals surface area contributed by atoms with Crippen LogP contribution in [0.1, 0.15) is 213 Å². The first kappa shape index (κ1) is 47.4. The number of unbranched alkanes of at least 4 members (excludes halogenated alkanes) is 25. The van der Waals surface area contributed by atoms with Crippen LogP contribution in [-0.2, 0) is 4.79 Å². The first-order valence-electron chi connectivity index (χ1n) is 21.4. The number of hydrogen-bond acceptors (Lipinski definition) is 3. The summed E-state index contributed by atoms with van der Waals surface area (Å²) in [4.78, 5) is 12.4. The fourth-order valence-corrected chi connectivity index (χ4v) is 6.22. The fourth-order valence-electron chi connectivity index (χ4n) is 6.22. The third-order valence-electron chi connectivity index (χ3n) is 9.53. The largest absolute Gasteiger partial charge is 0.394 e. The van der Waals surface area contributed by atoms with Crippen LogP contribution in [0.15, 0.2) is 48.6 Å². The van der Waals surface area contributed by atoms with Crippen LogP contribution in [-0.4, -0.2) is 34.9 Å². The van der Waals surface area contributed by atoms with E-state index in [0.29, 0.717) is 6.42 Å². The van der Waals surface area contributed by atoms with Gasteiger partial charge in [0, 0.05) is 6.42 Å². The second-order valence-corrected chi connectivity index (χ2v) is 14.4. The number of aliphatic hydroxyl groups is 2. The summed E-state index contributed by atoms with van der Waals surface area (Å²) in [6, 6.07) is -0.641. The Morgan fingerprint density at radius 1 is 0.490 bits per heavy atom. The van der Waals surface area contributed by atoms with Crippen molar-refractivity contribution in [3.63, 3.8) is 0 Å². The van der Waals surface area contributed by atoms with Crippen LogP contribution in [0.3, 0.4) is 0 Å². The lowest BCUT2D eigenvalue weighted by Crippen LogP contribution is -2.45. The summed E-state index contributed by atoms with van der Waals surface area (Å²) in [6.45, 7) is 4.28. The van der Waals surface area contributed by atoms with E-state index in [1.54, 1.807) is 6.08 Å². The predicted octanol–water partition coefficient (Wildman–Crippen LogP) is 13.2. The molecule has 3 N–H and O–H groups in total. The molecule has 4 nitrogen and oxygen atoms in total. The van der Waals surface area contributed by atoms with Gasteiger partial charge in [-0.2, -0.15) is 0 Å². The molecule has 0 aromatic heterocycles. The highest BCUT2D eigenvalue weighted by atomic mass is 16.3. The number of nitrogens with one attached hydrogen (secondary N) is 1. The monoisotopic (exact) mass is 686 g/mol. The summed E-state index contributed by atoms with van der Waals surface area (Å²) < 4.78 is 0. The molecular formula is C45H83NO3. The maximum absolute atomic E-state index is 12.4. The maximum atomic E-state index is 12.4. The molecule has 0 aromatic rings. The van der Waals surface area contributed by atoms with Crippen LogP contribution < -0.4 is 5.32 Å². The van der Waals surface area contributed by atoms with Crippen LogP contribution in [0.5, 0.6) is 0 Å². The highest BCUT2D eigenvalue weighted by molar-refractivity contribution is 5.76. The quantitative estimate of drug-likeness (QED) is 0.0447. The number of carbonyl (C=O) groups excluding carboxylic acids is 1. The molecule has 2 unspecified atom stereocenters. The van der Waals surface area contributed by atoms with Gasteiger partial charge in [0.25, 0.3) is 0 Å². The molecule has 0 saturated heterocycles. The Balaban J connectivity index is 3.63. The van der Waals surface area contributed by atoms with Gasteiger partial charge in [0.05, 0.1) is 18.8 Å². The van der Waals surface area contributed by atoms with Crippen molar-refractivity contribution in [3.8, 4) is 0 Å². The first-order valence-corrected chi connectivity index (χ1v) is 21.4. The van der Waals surface area contributed by atoms with E-state index in [1.807, 2.05) is 6.08 Å². The average Bonchev–Trinajstić information content (AvgIpc) is 3.10. The van der Waals surface area contributed by atoms with Crippen molar-refractivity contribution in [1.82, 2.24) is 5.32 Å². The molecule has 2 atom stereocenters. The standard InChI is InChI=1S/C45H83NO3/c1-3-5-7-9-11-13-15-17-19-21-22-23-24-25-27-29-31-33-35-37-39-41-45(49)46-43(42-47)44(48)40-38-36-34-32-30-28-26-20-18-16-14-12-10-8-6-4-2/h15,17,21-22,30,32,38,40,43-44,47-48H,3-14,16,18-20,23-29,31,33-37,39,41-42H2,1-2H3,(H,46,49)/b17-15-,22-21-,32-30+,40-38+. The van der Waals surface area contributed by atoms with Crippen molar-refractivity contribution in [3.05, 3.63) is 48.6 Å². The van der Waals surface area contributed by atoms with Crippen LogP contribution in [0, 0.1) is 0 Å². The second kappa shape index (κ2) is 40.8. The van der Waals surface area contributed by atoms with E-state index in [-0.39, 0.29) is 12.5 Å². The zero-order chi connectivity index (χ0) is 35.7. The molecule has 286 valence electrons. The lowest BCUT2D eigenvalue weighted by molar-refractivity contribution is -0.123. The molecule has 0 saturated carbocycles. The topological polar surface area (TPSA) is 69.6 Å². The van der Waals surface area contributed by atoms with Gasteiger partial charge in [0.1, 0.15) is 0 Å². The number of rotatable bonds is 38. The van der Waals surface area contributed by atoms with Gasteiger partial charge in [0.15, 0.2) is 0 Å². The van der Waals surface area contributed by atoms with Gasteiger partial charge in [-0.15, -0.1) is 0 Å². The van der Waals surface area contributed by atoms with Crippen molar-refractivity contribution in [1.29, 1.82) is 0 Å². The summed E-state index contributed by atoms with van der Waals surface area (Å²) >= 11 is 0. The number of aliphatic hydroxyl groups excluding tert-OH is 2. The molecule has 0 aliphatic carbocycles. The Kier molecular flexibility index (Phi) is 39.4. The fraction of sp³-hybridized carbons (Fsp3) is 0.800. The Morgan fingerprint density at radius 3 is 1.31 bits per heavy atom. The van der Waals surface area contributed by atoms with Gasteiger partial charge in [-0.05, 0) is 64.2 Å². The molecule has 0 bridgehead atoms. The highest BCUT2D eigenvalue weighted by Crippen LogP contribution is 2.13. The molecule has 0 aliphatic rings. The molecule has 0 aliphatic heterocycles. The first-order chi connectivity index (χ1) is 24.2. The van der Waals surface area contributed by atoms with Gasteiger partial charge in [-0.3, -0.25) is 4.79 Å². The number of allylic oxidation sites excluding steroid dienone is 7. The van der Waals surface area contributed by atoms with Gasteiger partial charge < -0.3 is 15.5 Å². The van der Waals surface area contributed by atoms with Gasteiger partial charge in [-0.25, -0.2) is 0 Å². The van der Waals surface area contributed by atoms with Crippen LogP contribution in [0.25, 0.3) is 0 Å². The Bertz CT molecular complexity index is 786. The minimum Gasteiger partial charge on any atom is -0.394 e. The normalized spacial score (nSPS) is 13.5. The van der Waals surface area contributed by atoms with E-state index >= 15 is 0 Å². The molecule has 0 spiro atoms. The summed E-state index contributed by atoms with van der Waals surface area (Å²) in [5, 5.41) is 23.0. The molecule has 0 rings (SSSR count). The Labute approximate surface area is 305 Å². The molecule has 0 fully saturated rings. The number of carbonyl (C=O) groups is 1. The molecule has 49 heavy (non-hydrogen) atoms. The predicted molar refractivity (Wildman–Crippen MR) is 216 cm³/mol. The maximum Gasteiger partial charge on any atom is 0.220 e. The zero-order valence-electron chi connectivity index (χ0n) is 32.7. The lowest BCUT2D eigenvalue weighted by Gasteiger charge is -2.19. The minimum absolute atomic E-state index is 0.0794. The van der Waals surface area contributed by atoms with Crippen molar-refractivity contribution in [2.24, 2.45) is 0 Å². The third-order valence-corrected chi connectivity index (χ3v) is 9.53. The molecule has 4 heteroatoms. The van der Waals surface area contributed by atoms with Gasteiger partial charge in [-0.1, -0.05) is 191 Å². The summed E-state index contributed by atoms with van der Waals surface area (Å²) in [7, 11) is 0. The number of hydrogen-bond donors (Lipinski definition) is 3. The van der Waals surface area contributed by atoms with Crippen molar-refractivity contribution in [2.45, 2.75) is 225 Å². The van der Waals surface area contributed by atoms with Crippen molar-refractivity contribution >= 4 is 5.91 Å². The van der Waals surface area contributed by atoms with Gasteiger partial charge >= 0.3 is 0 Å². The van der Waals surface area contributed by atoms with Crippen molar-refractivity contribution < 1.29 is 15.0 Å². The number of amides is 1. The van der Waals surface area contributed by atoms with E-state index in [9.17, 15) is 15.0 Å². The Hall–Kier alpha value is -1.65. The lowest BCUT2D eigenvalue weighted by atomic mass is 10.1. The van der Waals surface area contributed by atoms with E-state index in [2.05, 4.69) is 55.6 Å². The van der Waals surface area contributed by atoms with Gasteiger partial charge in [0.2, 0.25) is 5.91 Å². The average molecular weight is 686 g/mol. The van der Waals surface area contributed by atoms with Crippen LogP contribution in [0.2, 0.25) is 0 Å². The van der Waals surface area contributed by atoms with E-state index in [4.69, 9.17) is 0 Å². The molecular weight excluding hydrogens is 602 g/mol. The third kappa shape index (κ3) is 37.4. The molecule has 1 amide bonds. The molecule has 0 radical (unpaired) electrons. The molecule has 0 heterocycles. The van der Waals surface area contributed by atoms with Crippen molar-refractivity contribution in [2.75, 3.05) is 6.61 Å². The zero-order valence-corrected chi connectivity index (χ0v) is 32.7. The summed E-state index contributed by atoms with van der Waals surface area (Å²) in [5.74, 6) is -0.0794. The van der Waals surface area contributed by atoms with E-state index in [0.717, 1.165) is 38.5 Å². The van der Waals surface area contributed by atoms with Crippen LogP contribution in [0.4, 0.5) is 0 Å². The van der Waals surface area contributed by atoms with E-state index < -0.39 is 12.1 Å². The summed E-state index contributed by atoms with van der Waals surface area (Å²) in [6.07, 6.45) is 55.0. The Morgan fingerprint density at radius 2 is 0.857 bits per heavy atom. The van der Waals surface area contributed by atoms with E-state index in [1.165, 1.54) is 154 Å². The summed E-state index contributed by atoms with van der Waals surface area (Å²) in [5.41, 5.74) is 0. The smallest absolute Gasteiger partial charge is 0.220 e. The highest BCUT2D eigenvalue weighted by Gasteiger charge is 2.17. The SMILES string of the molecule is CCCCCCC/C=C\C/C=C\CCCCCCCCCCCC(=O)NC(CO)C(O)/C=C/CC/C=C/CCCCCCCCCCCC. The minimum atomic E-state index is -0.863. The molecule has 0 aromatic carbocycles.